The molecule has 20 heavy (non-hydrogen) atoms. The van der Waals surface area contributed by atoms with Crippen molar-refractivity contribution in [2.24, 2.45) is 0 Å². The number of rotatable bonds is 8. The summed E-state index contributed by atoms with van der Waals surface area (Å²) in [6.07, 6.45) is 3.69. The summed E-state index contributed by atoms with van der Waals surface area (Å²) in [6.45, 7) is 0.349. The number of carboxylic acids is 1. The van der Waals surface area contributed by atoms with Crippen molar-refractivity contribution in [1.82, 2.24) is 4.72 Å². The Morgan fingerprint density at radius 2 is 2.10 bits per heavy atom. The van der Waals surface area contributed by atoms with E-state index in [1.54, 1.807) is 11.8 Å². The molecule has 0 aliphatic carbocycles. The normalized spacial score (nSPS) is 11.5. The van der Waals surface area contributed by atoms with E-state index in [4.69, 9.17) is 5.11 Å². The lowest BCUT2D eigenvalue weighted by Crippen LogP contribution is -2.25. The maximum Gasteiger partial charge on any atom is 0.336 e. The lowest BCUT2D eigenvalue weighted by Gasteiger charge is -2.08. The van der Waals surface area contributed by atoms with E-state index in [1.165, 1.54) is 12.1 Å². The molecule has 0 bridgehead atoms. The van der Waals surface area contributed by atoms with Gasteiger partial charge in [0.05, 0.1) is 10.5 Å². The number of thioether (sulfide) groups is 1. The number of sulfonamides is 1. The summed E-state index contributed by atoms with van der Waals surface area (Å²) in [6, 6.07) is 3.95. The number of benzene rings is 1. The molecule has 0 atom stereocenters. The summed E-state index contributed by atoms with van der Waals surface area (Å²) < 4.78 is 26.9. The Hall–Kier alpha value is -0.570. The number of unbranched alkanes of at least 4 members (excludes halogenated alkanes) is 1. The summed E-state index contributed by atoms with van der Waals surface area (Å²) in [7, 11) is -3.66. The Morgan fingerprint density at radius 1 is 1.40 bits per heavy atom. The molecule has 0 radical (unpaired) electrons. The van der Waals surface area contributed by atoms with Crippen molar-refractivity contribution in [3.05, 3.63) is 28.2 Å². The van der Waals surface area contributed by atoms with Crippen LogP contribution in [0.4, 0.5) is 0 Å². The Labute approximate surface area is 131 Å². The lowest BCUT2D eigenvalue weighted by atomic mass is 10.2. The highest BCUT2D eigenvalue weighted by Gasteiger charge is 2.17. The molecule has 5 nitrogen and oxygen atoms in total. The molecule has 0 saturated heterocycles. The minimum atomic E-state index is -3.66. The topological polar surface area (TPSA) is 83.5 Å². The number of carbonyl (C=O) groups is 1. The molecule has 112 valence electrons. The van der Waals surface area contributed by atoms with E-state index in [-0.39, 0.29) is 10.5 Å². The molecule has 1 rings (SSSR count). The highest BCUT2D eigenvalue weighted by molar-refractivity contribution is 9.10. The van der Waals surface area contributed by atoms with Crippen LogP contribution in [0.2, 0.25) is 0 Å². The third-order valence-corrected chi connectivity index (χ3v) is 5.39. The van der Waals surface area contributed by atoms with Gasteiger partial charge in [0.15, 0.2) is 0 Å². The number of carboxylic acid groups (broad SMARTS) is 1. The molecular formula is C12H16BrNO4S2. The van der Waals surface area contributed by atoms with Gasteiger partial charge in [-0.15, -0.1) is 0 Å². The summed E-state index contributed by atoms with van der Waals surface area (Å²) >= 11 is 4.80. The first kappa shape index (κ1) is 17.5. The van der Waals surface area contributed by atoms with Gasteiger partial charge in [-0.25, -0.2) is 17.9 Å². The minimum Gasteiger partial charge on any atom is -0.478 e. The molecule has 0 unspecified atom stereocenters. The minimum absolute atomic E-state index is 0.0389. The van der Waals surface area contributed by atoms with Crippen molar-refractivity contribution in [2.75, 3.05) is 18.6 Å². The van der Waals surface area contributed by atoms with Gasteiger partial charge < -0.3 is 5.11 Å². The van der Waals surface area contributed by atoms with Crippen LogP contribution in [0.25, 0.3) is 0 Å². The number of aromatic carboxylic acids is 1. The Balaban J connectivity index is 2.77. The fraction of sp³-hybridized carbons (Fsp3) is 0.417. The van der Waals surface area contributed by atoms with Crippen molar-refractivity contribution in [3.8, 4) is 0 Å². The van der Waals surface area contributed by atoms with Crippen molar-refractivity contribution in [1.29, 1.82) is 0 Å². The van der Waals surface area contributed by atoms with Gasteiger partial charge in [-0.3, -0.25) is 0 Å². The van der Waals surface area contributed by atoms with E-state index in [0.29, 0.717) is 11.0 Å². The van der Waals surface area contributed by atoms with Crippen LogP contribution in [-0.2, 0) is 10.0 Å². The SMILES string of the molecule is CSCCCCNS(=O)(=O)c1ccc(Br)c(C(=O)O)c1. The molecule has 0 spiro atoms. The maximum atomic E-state index is 12.0. The fourth-order valence-electron chi connectivity index (χ4n) is 1.50. The van der Waals surface area contributed by atoms with Crippen LogP contribution in [0, 0.1) is 0 Å². The molecule has 0 aromatic heterocycles. The van der Waals surface area contributed by atoms with Gasteiger partial charge in [0.1, 0.15) is 0 Å². The highest BCUT2D eigenvalue weighted by atomic mass is 79.9. The van der Waals surface area contributed by atoms with Gasteiger partial charge in [0, 0.05) is 11.0 Å². The van der Waals surface area contributed by atoms with Crippen molar-refractivity contribution in [3.63, 3.8) is 0 Å². The smallest absolute Gasteiger partial charge is 0.336 e. The van der Waals surface area contributed by atoms with E-state index < -0.39 is 16.0 Å². The third-order valence-electron chi connectivity index (χ3n) is 2.55. The Bertz CT molecular complexity index is 575. The van der Waals surface area contributed by atoms with E-state index in [1.807, 2.05) is 6.26 Å². The van der Waals surface area contributed by atoms with E-state index in [9.17, 15) is 13.2 Å². The molecule has 0 heterocycles. The second kappa shape index (κ2) is 8.02. The third kappa shape index (κ3) is 5.08. The standard InChI is InChI=1S/C12H16BrNO4S2/c1-19-7-3-2-6-14-20(17,18)9-4-5-11(13)10(8-9)12(15)16/h4-5,8,14H,2-3,6-7H2,1H3,(H,15,16). The first-order valence-electron chi connectivity index (χ1n) is 5.90. The number of hydrogen-bond donors (Lipinski definition) is 2. The van der Waals surface area contributed by atoms with Crippen molar-refractivity contribution in [2.45, 2.75) is 17.7 Å². The summed E-state index contributed by atoms with van der Waals surface area (Å²) in [4.78, 5) is 10.9. The van der Waals surface area contributed by atoms with E-state index in [0.717, 1.165) is 24.7 Å². The highest BCUT2D eigenvalue weighted by Crippen LogP contribution is 2.21. The summed E-state index contributed by atoms with van der Waals surface area (Å²) in [5, 5.41) is 8.98. The average molecular weight is 382 g/mol. The largest absolute Gasteiger partial charge is 0.478 e. The second-order valence-electron chi connectivity index (χ2n) is 4.04. The monoisotopic (exact) mass is 381 g/mol. The van der Waals surface area contributed by atoms with Crippen LogP contribution in [0.5, 0.6) is 0 Å². The molecule has 0 aliphatic rings. The number of halogens is 1. The van der Waals surface area contributed by atoms with Crippen LogP contribution in [0.3, 0.4) is 0 Å². The molecule has 0 amide bonds. The number of hydrogen-bond acceptors (Lipinski definition) is 4. The van der Waals surface area contributed by atoms with Gasteiger partial charge >= 0.3 is 5.97 Å². The van der Waals surface area contributed by atoms with Crippen LogP contribution in [0.1, 0.15) is 23.2 Å². The predicted molar refractivity (Wildman–Crippen MR) is 83.9 cm³/mol. The van der Waals surface area contributed by atoms with Gasteiger partial charge in [0.25, 0.3) is 0 Å². The summed E-state index contributed by atoms with van der Waals surface area (Å²) in [5.74, 6) is -0.183. The van der Waals surface area contributed by atoms with Crippen LogP contribution >= 0.6 is 27.7 Å². The molecule has 0 fully saturated rings. The molecular weight excluding hydrogens is 366 g/mol. The van der Waals surface area contributed by atoms with Gasteiger partial charge in [0.2, 0.25) is 10.0 Å². The molecule has 2 N–H and O–H groups in total. The van der Waals surface area contributed by atoms with Crippen LogP contribution in [-0.4, -0.2) is 38.0 Å². The molecule has 1 aromatic rings. The van der Waals surface area contributed by atoms with Gasteiger partial charge in [-0.1, -0.05) is 0 Å². The number of nitrogens with one attached hydrogen (secondary N) is 1. The van der Waals surface area contributed by atoms with Gasteiger partial charge in [-0.05, 0) is 59.0 Å². The first-order chi connectivity index (χ1) is 9.38. The molecule has 8 heteroatoms. The van der Waals surface area contributed by atoms with E-state index >= 15 is 0 Å². The van der Waals surface area contributed by atoms with Gasteiger partial charge in [-0.2, -0.15) is 11.8 Å². The van der Waals surface area contributed by atoms with Crippen LogP contribution in [0.15, 0.2) is 27.6 Å². The lowest BCUT2D eigenvalue weighted by molar-refractivity contribution is 0.0695. The average Bonchev–Trinajstić information content (AvgIpc) is 2.38. The molecule has 1 aromatic carbocycles. The van der Waals surface area contributed by atoms with Crippen LogP contribution < -0.4 is 4.72 Å². The second-order valence-corrected chi connectivity index (χ2v) is 7.65. The van der Waals surface area contributed by atoms with Crippen molar-refractivity contribution < 1.29 is 18.3 Å². The maximum absolute atomic E-state index is 12.0. The molecule has 0 saturated carbocycles. The zero-order valence-corrected chi connectivity index (χ0v) is 14.1. The quantitative estimate of drug-likeness (QED) is 0.676. The zero-order chi connectivity index (χ0) is 15.2. The summed E-state index contributed by atoms with van der Waals surface area (Å²) in [5.41, 5.74) is -0.0738. The Kier molecular flexibility index (Phi) is 7.01. The van der Waals surface area contributed by atoms with Crippen molar-refractivity contribution >= 4 is 43.7 Å². The predicted octanol–water partition coefficient (Wildman–Crippen LogP) is 2.57. The zero-order valence-electron chi connectivity index (χ0n) is 10.9. The fourth-order valence-corrected chi connectivity index (χ4v) is 3.51. The first-order valence-corrected chi connectivity index (χ1v) is 9.57. The Morgan fingerprint density at radius 3 is 2.70 bits per heavy atom. The molecule has 0 aliphatic heterocycles. The van der Waals surface area contributed by atoms with E-state index in [2.05, 4.69) is 20.7 Å².